The number of hydrogen-bond acceptors (Lipinski definition) is 4. The Morgan fingerprint density at radius 2 is 1.76 bits per heavy atom. The summed E-state index contributed by atoms with van der Waals surface area (Å²) >= 11 is 5.45. The number of nitrogens with one attached hydrogen (secondary N) is 2. The van der Waals surface area contributed by atoms with Gasteiger partial charge in [-0.05, 0) is 85.8 Å². The zero-order chi connectivity index (χ0) is 20.2. The summed E-state index contributed by atoms with van der Waals surface area (Å²) in [7, 11) is 0. The number of carbonyl (C=O) groups excluding carboxylic acids is 1. The van der Waals surface area contributed by atoms with Gasteiger partial charge in [0.2, 0.25) is 0 Å². The van der Waals surface area contributed by atoms with Crippen LogP contribution >= 0.6 is 12.2 Å². The molecule has 2 aromatic rings. The maximum Gasteiger partial charge on any atom is 0.338 e. The topological polar surface area (TPSA) is 53.6 Å². The number of ether oxygens (including phenoxy) is 1. The van der Waals surface area contributed by atoms with Crippen molar-refractivity contribution in [1.29, 1.82) is 0 Å². The summed E-state index contributed by atoms with van der Waals surface area (Å²) in [6.45, 7) is 5.26. The molecule has 5 nitrogen and oxygen atoms in total. The number of carbonyl (C=O) groups is 1. The van der Waals surface area contributed by atoms with E-state index in [1.165, 1.54) is 61.2 Å². The van der Waals surface area contributed by atoms with Gasteiger partial charge in [-0.1, -0.05) is 12.1 Å². The number of benzene rings is 2. The van der Waals surface area contributed by atoms with E-state index in [4.69, 9.17) is 17.0 Å². The minimum atomic E-state index is -0.310. The largest absolute Gasteiger partial charge is 0.462 e. The maximum atomic E-state index is 11.7. The fourth-order valence-electron chi connectivity index (χ4n) is 4.24. The Labute approximate surface area is 177 Å². The molecule has 0 saturated carbocycles. The third kappa shape index (κ3) is 4.53. The lowest BCUT2D eigenvalue weighted by molar-refractivity contribution is 0.0526. The van der Waals surface area contributed by atoms with Crippen molar-refractivity contribution in [3.05, 3.63) is 58.7 Å². The monoisotopic (exact) mass is 409 g/mol. The highest BCUT2D eigenvalue weighted by molar-refractivity contribution is 7.80. The number of anilines is 2. The van der Waals surface area contributed by atoms with Gasteiger partial charge in [-0.15, -0.1) is 0 Å². The van der Waals surface area contributed by atoms with Crippen molar-refractivity contribution in [2.45, 2.75) is 39.2 Å². The Bertz CT molecular complexity index is 880. The van der Waals surface area contributed by atoms with Crippen molar-refractivity contribution in [1.82, 2.24) is 5.32 Å². The molecular weight excluding hydrogens is 382 g/mol. The summed E-state index contributed by atoms with van der Waals surface area (Å²) in [5.41, 5.74) is 7.12. The summed E-state index contributed by atoms with van der Waals surface area (Å²) in [6, 6.07) is 11.8. The van der Waals surface area contributed by atoms with Crippen molar-refractivity contribution in [3.63, 3.8) is 0 Å². The van der Waals surface area contributed by atoms with Crippen LogP contribution in [0.1, 0.15) is 46.8 Å². The molecule has 2 aliphatic heterocycles. The lowest BCUT2D eigenvalue weighted by Gasteiger charge is -2.37. The Kier molecular flexibility index (Phi) is 6.00. The van der Waals surface area contributed by atoms with Crippen LogP contribution < -0.4 is 15.5 Å². The van der Waals surface area contributed by atoms with Gasteiger partial charge < -0.3 is 20.3 Å². The summed E-state index contributed by atoms with van der Waals surface area (Å²) in [5, 5.41) is 7.06. The second-order valence-electron chi connectivity index (χ2n) is 7.56. The van der Waals surface area contributed by atoms with E-state index in [1.54, 1.807) is 19.1 Å². The molecule has 0 aromatic heterocycles. The molecule has 0 atom stereocenters. The molecule has 152 valence electrons. The highest BCUT2D eigenvalue weighted by Crippen LogP contribution is 2.36. The van der Waals surface area contributed by atoms with Crippen molar-refractivity contribution in [3.8, 4) is 0 Å². The lowest BCUT2D eigenvalue weighted by Crippen LogP contribution is -2.35. The van der Waals surface area contributed by atoms with Crippen molar-refractivity contribution >= 4 is 34.7 Å². The first-order valence-electron chi connectivity index (χ1n) is 10.4. The fraction of sp³-hybridized carbons (Fsp3) is 0.391. The second kappa shape index (κ2) is 8.82. The third-order valence-electron chi connectivity index (χ3n) is 5.50. The van der Waals surface area contributed by atoms with Crippen LogP contribution in [-0.4, -0.2) is 30.8 Å². The molecule has 4 rings (SSSR count). The predicted molar refractivity (Wildman–Crippen MR) is 121 cm³/mol. The highest BCUT2D eigenvalue weighted by Gasteiger charge is 2.24. The van der Waals surface area contributed by atoms with Crippen LogP contribution in [0, 0.1) is 0 Å². The van der Waals surface area contributed by atoms with Crippen LogP contribution in [0.4, 0.5) is 11.4 Å². The first kappa shape index (κ1) is 19.7. The van der Waals surface area contributed by atoms with Crippen LogP contribution in [0.15, 0.2) is 36.4 Å². The molecule has 0 unspecified atom stereocenters. The van der Waals surface area contributed by atoms with Crippen molar-refractivity contribution < 1.29 is 9.53 Å². The number of esters is 1. The van der Waals surface area contributed by atoms with Gasteiger partial charge >= 0.3 is 5.97 Å². The average molecular weight is 410 g/mol. The molecule has 0 fully saturated rings. The van der Waals surface area contributed by atoms with E-state index in [-0.39, 0.29) is 5.97 Å². The van der Waals surface area contributed by atoms with Crippen LogP contribution in [0.3, 0.4) is 0 Å². The molecule has 0 bridgehead atoms. The van der Waals surface area contributed by atoms with E-state index in [0.29, 0.717) is 23.8 Å². The molecule has 0 aliphatic carbocycles. The molecule has 0 saturated heterocycles. The number of thiocarbonyl (C=S) groups is 1. The van der Waals surface area contributed by atoms with E-state index in [9.17, 15) is 4.79 Å². The number of aryl methyl sites for hydroxylation is 2. The van der Waals surface area contributed by atoms with E-state index in [2.05, 4.69) is 27.7 Å². The second-order valence-corrected chi connectivity index (χ2v) is 7.97. The van der Waals surface area contributed by atoms with Gasteiger partial charge in [0.15, 0.2) is 5.11 Å². The van der Waals surface area contributed by atoms with Gasteiger partial charge in [-0.25, -0.2) is 4.79 Å². The minimum Gasteiger partial charge on any atom is -0.462 e. The molecule has 0 spiro atoms. The lowest BCUT2D eigenvalue weighted by atomic mass is 9.90. The Morgan fingerprint density at radius 1 is 1.10 bits per heavy atom. The van der Waals surface area contributed by atoms with Gasteiger partial charge in [0.1, 0.15) is 0 Å². The summed E-state index contributed by atoms with van der Waals surface area (Å²) in [6.07, 6.45) is 4.82. The van der Waals surface area contributed by atoms with Crippen molar-refractivity contribution in [2.24, 2.45) is 0 Å². The number of hydrogen-bond donors (Lipinski definition) is 2. The SMILES string of the molecule is CCOC(=O)c1ccc(NC(=S)NCc2cc3c4c(c2)CCCN4CCC3)cc1. The normalized spacial score (nSPS) is 14.7. The van der Waals surface area contributed by atoms with Crippen LogP contribution in [0.2, 0.25) is 0 Å². The quantitative estimate of drug-likeness (QED) is 0.574. The first-order chi connectivity index (χ1) is 14.1. The van der Waals surface area contributed by atoms with E-state index >= 15 is 0 Å². The average Bonchev–Trinajstić information content (AvgIpc) is 2.73. The molecule has 2 heterocycles. The smallest absolute Gasteiger partial charge is 0.338 e. The molecule has 29 heavy (non-hydrogen) atoms. The maximum absolute atomic E-state index is 11.7. The molecule has 2 aliphatic rings. The molecule has 0 radical (unpaired) electrons. The standard InChI is InChI=1S/C23H27N3O2S/c1-2-28-22(27)17-7-9-20(10-8-17)25-23(29)24-15-16-13-18-5-3-11-26-12-4-6-19(14-16)21(18)26/h7-10,13-14H,2-6,11-12,15H2,1H3,(H2,24,25,29). The summed E-state index contributed by atoms with van der Waals surface area (Å²) in [4.78, 5) is 14.3. The first-order valence-corrected chi connectivity index (χ1v) is 10.8. The van der Waals surface area contributed by atoms with Gasteiger partial charge in [-0.3, -0.25) is 0 Å². The summed E-state index contributed by atoms with van der Waals surface area (Å²) < 4.78 is 5.01. The Hall–Kier alpha value is -2.60. The zero-order valence-electron chi connectivity index (χ0n) is 16.8. The van der Waals surface area contributed by atoms with Crippen LogP contribution in [-0.2, 0) is 24.1 Å². The minimum absolute atomic E-state index is 0.310. The molecular formula is C23H27N3O2S. The zero-order valence-corrected chi connectivity index (χ0v) is 17.6. The van der Waals surface area contributed by atoms with Crippen LogP contribution in [0.25, 0.3) is 0 Å². The fourth-order valence-corrected chi connectivity index (χ4v) is 4.43. The Balaban J connectivity index is 1.36. The van der Waals surface area contributed by atoms with Crippen LogP contribution in [0.5, 0.6) is 0 Å². The van der Waals surface area contributed by atoms with E-state index in [0.717, 1.165) is 5.69 Å². The third-order valence-corrected chi connectivity index (χ3v) is 5.75. The van der Waals surface area contributed by atoms with Gasteiger partial charge in [0.05, 0.1) is 12.2 Å². The van der Waals surface area contributed by atoms with E-state index < -0.39 is 0 Å². The number of rotatable bonds is 5. The number of nitrogens with zero attached hydrogens (tertiary/aromatic N) is 1. The van der Waals surface area contributed by atoms with E-state index in [1.807, 2.05) is 12.1 Å². The predicted octanol–water partition coefficient (Wildman–Crippen LogP) is 4.05. The molecule has 2 aromatic carbocycles. The summed E-state index contributed by atoms with van der Waals surface area (Å²) in [5.74, 6) is -0.310. The molecule has 0 amide bonds. The Morgan fingerprint density at radius 3 is 2.38 bits per heavy atom. The van der Waals surface area contributed by atoms with Gasteiger partial charge in [0.25, 0.3) is 0 Å². The van der Waals surface area contributed by atoms with Gasteiger partial charge in [0, 0.05) is 31.0 Å². The van der Waals surface area contributed by atoms with Crippen molar-refractivity contribution in [2.75, 3.05) is 29.9 Å². The van der Waals surface area contributed by atoms with Gasteiger partial charge in [-0.2, -0.15) is 0 Å². The molecule has 6 heteroatoms. The molecule has 2 N–H and O–H groups in total. The highest BCUT2D eigenvalue weighted by atomic mass is 32.1.